The number of carbonyl (C=O) groups is 1. The topological polar surface area (TPSA) is 65.4 Å². The van der Waals surface area contributed by atoms with Crippen molar-refractivity contribution >= 4 is 5.91 Å². The summed E-state index contributed by atoms with van der Waals surface area (Å²) in [5.41, 5.74) is 0.590. The monoisotopic (exact) mass is 369 g/mol. The molecule has 0 spiro atoms. The van der Waals surface area contributed by atoms with Gasteiger partial charge >= 0.3 is 0 Å². The molecule has 0 unspecified atom stereocenters. The molecule has 0 aromatic heterocycles. The van der Waals surface area contributed by atoms with Crippen LogP contribution < -0.4 is 10.1 Å². The van der Waals surface area contributed by atoms with E-state index in [1.165, 1.54) is 19.3 Å². The second kappa shape index (κ2) is 10.3. The highest BCUT2D eigenvalue weighted by molar-refractivity contribution is 5.79. The van der Waals surface area contributed by atoms with Gasteiger partial charge in [0.25, 0.3) is 0 Å². The molecule has 1 aromatic carbocycles. The molecule has 0 atom stereocenters. The molecule has 1 saturated carbocycles. The van der Waals surface area contributed by atoms with Crippen molar-refractivity contribution in [3.05, 3.63) is 29.8 Å². The van der Waals surface area contributed by atoms with E-state index in [1.807, 2.05) is 18.2 Å². The highest BCUT2D eigenvalue weighted by Crippen LogP contribution is 2.24. The maximum Gasteiger partial charge on any atom is 0.223 e. The quantitative estimate of drug-likeness (QED) is 0.747. The van der Waals surface area contributed by atoms with Gasteiger partial charge in [0, 0.05) is 31.6 Å². The van der Waals surface area contributed by atoms with Crippen LogP contribution in [-0.4, -0.2) is 43.1 Å². The molecule has 3 rings (SSSR count). The molecular weight excluding hydrogens is 338 g/mol. The van der Waals surface area contributed by atoms with Crippen LogP contribution in [0.3, 0.4) is 0 Å². The molecule has 5 nitrogen and oxygen atoms in total. The van der Waals surface area contributed by atoms with Crippen LogP contribution in [0.25, 0.3) is 0 Å². The second-order valence-electron chi connectivity index (χ2n) is 7.77. The first-order valence-electron chi connectivity index (χ1n) is 10.4. The SMILES string of the molecule is N#Cc1ccccc1OCCCN1CCC(NC(=O)C2CCCCC2)CC1. The zero-order valence-corrected chi connectivity index (χ0v) is 16.2. The predicted molar refractivity (Wildman–Crippen MR) is 105 cm³/mol. The van der Waals surface area contributed by atoms with Gasteiger partial charge in [0.2, 0.25) is 5.91 Å². The number of hydrogen-bond acceptors (Lipinski definition) is 4. The molecule has 1 heterocycles. The molecule has 1 aromatic rings. The maximum atomic E-state index is 12.4. The van der Waals surface area contributed by atoms with Crippen LogP contribution in [0.5, 0.6) is 5.75 Å². The van der Waals surface area contributed by atoms with Crippen molar-refractivity contribution in [1.29, 1.82) is 5.26 Å². The first-order chi connectivity index (χ1) is 13.3. The maximum absolute atomic E-state index is 12.4. The van der Waals surface area contributed by atoms with Crippen molar-refractivity contribution in [3.63, 3.8) is 0 Å². The van der Waals surface area contributed by atoms with Gasteiger partial charge in [-0.15, -0.1) is 0 Å². The number of likely N-dealkylation sites (tertiary alicyclic amines) is 1. The molecule has 5 heteroatoms. The molecule has 0 bridgehead atoms. The van der Waals surface area contributed by atoms with E-state index < -0.39 is 0 Å². The molecule has 0 radical (unpaired) electrons. The van der Waals surface area contributed by atoms with Gasteiger partial charge in [0.1, 0.15) is 11.8 Å². The molecule has 27 heavy (non-hydrogen) atoms. The van der Waals surface area contributed by atoms with E-state index in [1.54, 1.807) is 6.07 Å². The first kappa shape index (κ1) is 19.7. The van der Waals surface area contributed by atoms with Gasteiger partial charge in [0.05, 0.1) is 12.2 Å². The second-order valence-corrected chi connectivity index (χ2v) is 7.77. The van der Waals surface area contributed by atoms with Gasteiger partial charge in [-0.05, 0) is 44.2 Å². The number of nitrogens with one attached hydrogen (secondary N) is 1. The summed E-state index contributed by atoms with van der Waals surface area (Å²) in [7, 11) is 0. The minimum atomic E-state index is 0.255. The number of nitriles is 1. The van der Waals surface area contributed by atoms with E-state index in [2.05, 4.69) is 16.3 Å². The normalized spacial score (nSPS) is 19.4. The van der Waals surface area contributed by atoms with Crippen LogP contribution in [0.15, 0.2) is 24.3 Å². The average molecular weight is 370 g/mol. The van der Waals surface area contributed by atoms with E-state index in [0.717, 1.165) is 51.7 Å². The Hall–Kier alpha value is -2.06. The minimum absolute atomic E-state index is 0.255. The molecule has 146 valence electrons. The van der Waals surface area contributed by atoms with Crippen LogP contribution in [0.4, 0.5) is 0 Å². The minimum Gasteiger partial charge on any atom is -0.492 e. The summed E-state index contributed by atoms with van der Waals surface area (Å²) in [6, 6.07) is 9.87. The van der Waals surface area contributed by atoms with E-state index in [4.69, 9.17) is 10.00 Å². The molecular formula is C22H31N3O2. The zero-order chi connectivity index (χ0) is 18.9. The highest BCUT2D eigenvalue weighted by atomic mass is 16.5. The summed E-state index contributed by atoms with van der Waals surface area (Å²) < 4.78 is 5.75. The summed E-state index contributed by atoms with van der Waals surface area (Å²) in [4.78, 5) is 14.8. The number of rotatable bonds is 7. The molecule has 1 saturated heterocycles. The fraction of sp³-hybridized carbons (Fsp3) is 0.636. The fourth-order valence-corrected chi connectivity index (χ4v) is 4.14. The number of hydrogen-bond donors (Lipinski definition) is 1. The van der Waals surface area contributed by atoms with E-state index in [9.17, 15) is 4.79 Å². The van der Waals surface area contributed by atoms with Crippen LogP contribution in [0.1, 0.15) is 56.9 Å². The smallest absolute Gasteiger partial charge is 0.223 e. The summed E-state index contributed by atoms with van der Waals surface area (Å²) in [5.74, 6) is 1.21. The Morgan fingerprint density at radius 3 is 2.63 bits per heavy atom. The fourth-order valence-electron chi connectivity index (χ4n) is 4.14. The lowest BCUT2D eigenvalue weighted by molar-refractivity contribution is -0.127. The highest BCUT2D eigenvalue weighted by Gasteiger charge is 2.25. The molecule has 1 amide bonds. The van der Waals surface area contributed by atoms with E-state index in [-0.39, 0.29) is 11.8 Å². The first-order valence-corrected chi connectivity index (χ1v) is 10.4. The average Bonchev–Trinajstić information content (AvgIpc) is 2.73. The Kier molecular flexibility index (Phi) is 7.53. The summed E-state index contributed by atoms with van der Waals surface area (Å²) >= 11 is 0. The third kappa shape index (κ3) is 5.97. The molecule has 1 N–H and O–H groups in total. The van der Waals surface area contributed by atoms with Crippen LogP contribution in [0, 0.1) is 17.2 Å². The van der Waals surface area contributed by atoms with Crippen LogP contribution in [0.2, 0.25) is 0 Å². The summed E-state index contributed by atoms with van der Waals surface area (Å²) in [5, 5.41) is 12.4. The Bertz CT molecular complexity index is 641. The van der Waals surface area contributed by atoms with Crippen LogP contribution >= 0.6 is 0 Å². The summed E-state index contributed by atoms with van der Waals surface area (Å²) in [6.45, 7) is 3.68. The van der Waals surface area contributed by atoms with Gasteiger partial charge in [-0.1, -0.05) is 31.4 Å². The Morgan fingerprint density at radius 1 is 1.15 bits per heavy atom. The van der Waals surface area contributed by atoms with Crippen LogP contribution in [-0.2, 0) is 4.79 Å². The van der Waals surface area contributed by atoms with Crippen molar-refractivity contribution in [1.82, 2.24) is 10.2 Å². The lowest BCUT2D eigenvalue weighted by atomic mass is 9.88. The number of ether oxygens (including phenoxy) is 1. The Balaban J connectivity index is 1.30. The van der Waals surface area contributed by atoms with Crippen molar-refractivity contribution in [2.75, 3.05) is 26.2 Å². The largest absolute Gasteiger partial charge is 0.492 e. The number of para-hydroxylation sites is 1. The molecule has 1 aliphatic carbocycles. The molecule has 2 fully saturated rings. The number of nitrogens with zero attached hydrogens (tertiary/aromatic N) is 2. The zero-order valence-electron chi connectivity index (χ0n) is 16.2. The van der Waals surface area contributed by atoms with Gasteiger partial charge in [-0.25, -0.2) is 0 Å². The van der Waals surface area contributed by atoms with Gasteiger partial charge in [0.15, 0.2) is 0 Å². The Labute approximate surface area is 162 Å². The standard InChI is InChI=1S/C22H31N3O2/c23-17-19-9-4-5-10-21(19)27-16-6-13-25-14-11-20(12-15-25)24-22(26)18-7-2-1-3-8-18/h4-5,9-10,18,20H,1-3,6-8,11-16H2,(H,24,26). The third-order valence-electron chi connectivity index (χ3n) is 5.79. The summed E-state index contributed by atoms with van der Waals surface area (Å²) in [6.07, 6.45) is 8.86. The number of benzene rings is 1. The molecule has 1 aliphatic heterocycles. The van der Waals surface area contributed by atoms with Crippen molar-refractivity contribution < 1.29 is 9.53 Å². The van der Waals surface area contributed by atoms with Gasteiger partial charge < -0.3 is 15.0 Å². The molecule has 2 aliphatic rings. The number of piperidine rings is 1. The lowest BCUT2D eigenvalue weighted by Gasteiger charge is -2.33. The number of amides is 1. The van der Waals surface area contributed by atoms with E-state index in [0.29, 0.717) is 24.0 Å². The van der Waals surface area contributed by atoms with Crippen molar-refractivity contribution in [3.8, 4) is 11.8 Å². The Morgan fingerprint density at radius 2 is 1.89 bits per heavy atom. The third-order valence-corrected chi connectivity index (χ3v) is 5.79. The number of carbonyl (C=O) groups excluding carboxylic acids is 1. The van der Waals surface area contributed by atoms with E-state index >= 15 is 0 Å². The van der Waals surface area contributed by atoms with Crippen molar-refractivity contribution in [2.45, 2.75) is 57.4 Å². The van der Waals surface area contributed by atoms with Gasteiger partial charge in [-0.2, -0.15) is 5.26 Å². The van der Waals surface area contributed by atoms with Gasteiger partial charge in [-0.3, -0.25) is 4.79 Å². The van der Waals surface area contributed by atoms with Crippen molar-refractivity contribution in [2.24, 2.45) is 5.92 Å². The lowest BCUT2D eigenvalue weighted by Crippen LogP contribution is -2.46. The predicted octanol–water partition coefficient (Wildman–Crippen LogP) is 3.49.